The second kappa shape index (κ2) is 7.58. The third-order valence-electron chi connectivity index (χ3n) is 2.85. The number of amides is 2. The van der Waals surface area contributed by atoms with Crippen LogP contribution in [0.5, 0.6) is 0 Å². The molecule has 124 valence electrons. The number of thiophene rings is 1. The Morgan fingerprint density at radius 2 is 2.17 bits per heavy atom. The van der Waals surface area contributed by atoms with Gasteiger partial charge in [-0.1, -0.05) is 25.4 Å². The highest BCUT2D eigenvalue weighted by Crippen LogP contribution is 2.31. The standard InChI is InChI=1S/C14H18ClN5O2S/c1-8(2)17-5-13(22)19-14-18-9(6-20(14)7-12(16)21)10-3-4-11(15)23-10/h3-4,6,8,17H,5,7H2,1-2H3,(H2,16,21)(H,18,19,22). The van der Waals surface area contributed by atoms with Gasteiger partial charge in [0.2, 0.25) is 17.8 Å². The summed E-state index contributed by atoms with van der Waals surface area (Å²) in [5.41, 5.74) is 5.86. The van der Waals surface area contributed by atoms with Gasteiger partial charge in [-0.15, -0.1) is 11.3 Å². The van der Waals surface area contributed by atoms with E-state index in [1.807, 2.05) is 19.9 Å². The van der Waals surface area contributed by atoms with E-state index in [2.05, 4.69) is 15.6 Å². The highest BCUT2D eigenvalue weighted by Gasteiger charge is 2.15. The fourth-order valence-electron chi connectivity index (χ4n) is 1.84. The molecule has 0 bridgehead atoms. The predicted octanol–water partition coefficient (Wildman–Crippen LogP) is 1.69. The van der Waals surface area contributed by atoms with Crippen molar-refractivity contribution in [2.75, 3.05) is 11.9 Å². The van der Waals surface area contributed by atoms with Crippen molar-refractivity contribution in [3.05, 3.63) is 22.7 Å². The first kappa shape index (κ1) is 17.5. The highest BCUT2D eigenvalue weighted by atomic mass is 35.5. The van der Waals surface area contributed by atoms with E-state index in [1.54, 1.807) is 12.3 Å². The van der Waals surface area contributed by atoms with E-state index in [4.69, 9.17) is 17.3 Å². The van der Waals surface area contributed by atoms with Crippen LogP contribution in [0, 0.1) is 0 Å². The number of rotatable bonds is 7. The summed E-state index contributed by atoms with van der Waals surface area (Å²) in [5.74, 6) is -0.487. The van der Waals surface area contributed by atoms with Crippen LogP contribution in [0.2, 0.25) is 4.34 Å². The van der Waals surface area contributed by atoms with Crippen molar-refractivity contribution in [2.45, 2.75) is 26.4 Å². The van der Waals surface area contributed by atoms with Crippen LogP contribution < -0.4 is 16.4 Å². The number of nitrogens with one attached hydrogen (secondary N) is 2. The van der Waals surface area contributed by atoms with Gasteiger partial charge in [0, 0.05) is 12.2 Å². The zero-order valence-corrected chi connectivity index (χ0v) is 14.4. The van der Waals surface area contributed by atoms with E-state index in [0.717, 1.165) is 4.88 Å². The summed E-state index contributed by atoms with van der Waals surface area (Å²) >= 11 is 7.29. The molecular formula is C14H18ClN5O2S. The van der Waals surface area contributed by atoms with Crippen molar-refractivity contribution in [3.8, 4) is 10.6 Å². The number of nitrogens with two attached hydrogens (primary N) is 1. The Labute approximate surface area is 142 Å². The van der Waals surface area contributed by atoms with Crippen molar-refractivity contribution in [3.63, 3.8) is 0 Å². The Morgan fingerprint density at radius 3 is 2.74 bits per heavy atom. The van der Waals surface area contributed by atoms with Gasteiger partial charge in [-0.2, -0.15) is 0 Å². The molecule has 4 N–H and O–H groups in total. The smallest absolute Gasteiger partial charge is 0.240 e. The van der Waals surface area contributed by atoms with Gasteiger partial charge in [-0.25, -0.2) is 4.98 Å². The number of hydrogen-bond acceptors (Lipinski definition) is 5. The topological polar surface area (TPSA) is 102 Å². The third-order valence-corrected chi connectivity index (χ3v) is 4.10. The minimum Gasteiger partial charge on any atom is -0.368 e. The first-order chi connectivity index (χ1) is 10.8. The lowest BCUT2D eigenvalue weighted by molar-refractivity contribution is -0.119. The molecule has 0 saturated heterocycles. The van der Waals surface area contributed by atoms with E-state index in [1.165, 1.54) is 15.9 Å². The van der Waals surface area contributed by atoms with E-state index < -0.39 is 5.91 Å². The van der Waals surface area contributed by atoms with Crippen LogP contribution in [0.25, 0.3) is 10.6 Å². The van der Waals surface area contributed by atoms with Crippen LogP contribution in [0.15, 0.2) is 18.3 Å². The van der Waals surface area contributed by atoms with Crippen molar-refractivity contribution >= 4 is 40.7 Å². The summed E-state index contributed by atoms with van der Waals surface area (Å²) in [7, 11) is 0. The molecule has 0 radical (unpaired) electrons. The van der Waals surface area contributed by atoms with Crippen molar-refractivity contribution in [2.24, 2.45) is 5.73 Å². The Hall–Kier alpha value is -1.90. The van der Waals surface area contributed by atoms with Gasteiger partial charge in [0.25, 0.3) is 0 Å². The zero-order chi connectivity index (χ0) is 17.0. The first-order valence-corrected chi connectivity index (χ1v) is 8.19. The minimum absolute atomic E-state index is 0.0701. The fourth-order valence-corrected chi connectivity index (χ4v) is 2.84. The van der Waals surface area contributed by atoms with Gasteiger partial charge in [-0.05, 0) is 12.1 Å². The quantitative estimate of drug-likeness (QED) is 0.703. The Morgan fingerprint density at radius 1 is 1.43 bits per heavy atom. The monoisotopic (exact) mass is 355 g/mol. The molecule has 0 aliphatic carbocycles. The van der Waals surface area contributed by atoms with Crippen molar-refractivity contribution in [1.29, 1.82) is 0 Å². The number of hydrogen-bond donors (Lipinski definition) is 3. The minimum atomic E-state index is -0.519. The molecule has 23 heavy (non-hydrogen) atoms. The maximum Gasteiger partial charge on any atom is 0.240 e. The largest absolute Gasteiger partial charge is 0.368 e. The molecule has 0 aromatic carbocycles. The predicted molar refractivity (Wildman–Crippen MR) is 91.5 cm³/mol. The van der Waals surface area contributed by atoms with E-state index >= 15 is 0 Å². The molecule has 0 spiro atoms. The molecule has 2 heterocycles. The summed E-state index contributed by atoms with van der Waals surface area (Å²) in [5, 5.41) is 5.69. The summed E-state index contributed by atoms with van der Waals surface area (Å²) in [4.78, 5) is 28.3. The summed E-state index contributed by atoms with van der Waals surface area (Å²) in [6.45, 7) is 3.97. The number of imidazole rings is 1. The van der Waals surface area contributed by atoms with Crippen LogP contribution in [0.3, 0.4) is 0 Å². The molecule has 7 nitrogen and oxygen atoms in total. The maximum atomic E-state index is 11.9. The number of nitrogens with zero attached hydrogens (tertiary/aromatic N) is 2. The number of carbonyl (C=O) groups is 2. The van der Waals surface area contributed by atoms with Gasteiger partial charge in [0.05, 0.1) is 15.8 Å². The number of primary amides is 1. The lowest BCUT2D eigenvalue weighted by Gasteiger charge is -2.09. The second-order valence-electron chi connectivity index (χ2n) is 5.23. The van der Waals surface area contributed by atoms with Crippen molar-refractivity contribution < 1.29 is 9.59 Å². The maximum absolute atomic E-state index is 11.9. The van der Waals surface area contributed by atoms with Gasteiger partial charge in [-0.3, -0.25) is 14.9 Å². The van der Waals surface area contributed by atoms with Gasteiger partial charge in [0.1, 0.15) is 12.2 Å². The molecule has 2 amide bonds. The molecule has 0 fully saturated rings. The van der Waals surface area contributed by atoms with Gasteiger partial charge >= 0.3 is 0 Å². The highest BCUT2D eigenvalue weighted by molar-refractivity contribution is 7.19. The molecule has 0 atom stereocenters. The lowest BCUT2D eigenvalue weighted by Crippen LogP contribution is -2.33. The molecular weight excluding hydrogens is 338 g/mol. The van der Waals surface area contributed by atoms with Gasteiger partial charge in [0.15, 0.2) is 0 Å². The van der Waals surface area contributed by atoms with Crippen LogP contribution in [-0.2, 0) is 16.1 Å². The Balaban J connectivity index is 2.20. The van der Waals surface area contributed by atoms with Crippen LogP contribution in [0.4, 0.5) is 5.95 Å². The summed E-state index contributed by atoms with van der Waals surface area (Å²) < 4.78 is 2.15. The van der Waals surface area contributed by atoms with Crippen LogP contribution >= 0.6 is 22.9 Å². The lowest BCUT2D eigenvalue weighted by atomic mass is 10.4. The zero-order valence-electron chi connectivity index (χ0n) is 12.8. The van der Waals surface area contributed by atoms with Gasteiger partial charge < -0.3 is 15.6 Å². The SMILES string of the molecule is CC(C)NCC(=O)Nc1nc(-c2ccc(Cl)s2)cn1CC(N)=O. The first-order valence-electron chi connectivity index (χ1n) is 6.99. The van der Waals surface area contributed by atoms with Crippen LogP contribution in [0.1, 0.15) is 13.8 Å². The Kier molecular flexibility index (Phi) is 5.75. The third kappa shape index (κ3) is 5.05. The molecule has 2 aromatic heterocycles. The number of halogens is 1. The number of carbonyl (C=O) groups excluding carboxylic acids is 2. The van der Waals surface area contributed by atoms with Crippen molar-refractivity contribution in [1.82, 2.24) is 14.9 Å². The molecule has 2 aromatic rings. The average molecular weight is 356 g/mol. The summed E-state index contributed by atoms with van der Waals surface area (Å²) in [6, 6.07) is 3.78. The molecule has 0 aliphatic heterocycles. The van der Waals surface area contributed by atoms with E-state index in [0.29, 0.717) is 10.0 Å². The average Bonchev–Trinajstić information content (AvgIpc) is 3.03. The molecule has 2 rings (SSSR count). The second-order valence-corrected chi connectivity index (χ2v) is 6.95. The molecule has 0 saturated carbocycles. The molecule has 0 unspecified atom stereocenters. The van der Waals surface area contributed by atoms with Crippen LogP contribution in [-0.4, -0.2) is 34.0 Å². The number of aromatic nitrogens is 2. The Bertz CT molecular complexity index is 710. The van der Waals surface area contributed by atoms with E-state index in [-0.39, 0.29) is 31.0 Å². The van der Waals surface area contributed by atoms with E-state index in [9.17, 15) is 9.59 Å². The molecule has 9 heteroatoms. The fraction of sp³-hybridized carbons (Fsp3) is 0.357. The summed E-state index contributed by atoms with van der Waals surface area (Å²) in [6.07, 6.45) is 1.67. The molecule has 0 aliphatic rings. The number of anilines is 1. The normalized spacial score (nSPS) is 11.0.